The molecular weight excluding hydrogens is 295 g/mol. The second kappa shape index (κ2) is 7.73. The van der Waals surface area contributed by atoms with Crippen LogP contribution in [0.5, 0.6) is 0 Å². The molecule has 1 aromatic carbocycles. The van der Waals surface area contributed by atoms with Gasteiger partial charge < -0.3 is 15.8 Å². The Morgan fingerprint density at radius 3 is 2.76 bits per heavy atom. The zero-order valence-electron chi connectivity index (χ0n) is 12.1. The van der Waals surface area contributed by atoms with E-state index in [4.69, 9.17) is 10.5 Å². The highest BCUT2D eigenvalue weighted by Gasteiger charge is 2.44. The fourth-order valence-corrected chi connectivity index (χ4v) is 2.35. The normalized spacial score (nSPS) is 16.7. The average Bonchev–Trinajstić information content (AvgIpc) is 3.24. The standard InChI is InChI=1S/C15H21FN2O2.ClH/c1-20-13(9-17)8-14(19)18-10-15(5-6-15)11-3-2-4-12(16)7-11;/h2-4,7,13H,5-6,8-10,17H2,1H3,(H,18,19);1H. The predicted octanol–water partition coefficient (Wildman–Crippen LogP) is 1.76. The number of nitrogens with two attached hydrogens (primary N) is 1. The summed E-state index contributed by atoms with van der Waals surface area (Å²) in [4.78, 5) is 11.8. The molecule has 0 aromatic heterocycles. The molecule has 6 heteroatoms. The van der Waals surface area contributed by atoms with Gasteiger partial charge in [-0.05, 0) is 30.5 Å². The Morgan fingerprint density at radius 2 is 2.24 bits per heavy atom. The molecule has 2 rings (SSSR count). The van der Waals surface area contributed by atoms with Crippen LogP contribution in [0.25, 0.3) is 0 Å². The Balaban J connectivity index is 0.00000220. The van der Waals surface area contributed by atoms with Gasteiger partial charge in [-0.3, -0.25) is 4.79 Å². The van der Waals surface area contributed by atoms with Crippen molar-refractivity contribution >= 4 is 18.3 Å². The summed E-state index contributed by atoms with van der Waals surface area (Å²) < 4.78 is 18.4. The van der Waals surface area contributed by atoms with Crippen molar-refractivity contribution in [3.63, 3.8) is 0 Å². The van der Waals surface area contributed by atoms with Gasteiger partial charge in [-0.2, -0.15) is 0 Å². The van der Waals surface area contributed by atoms with Crippen molar-refractivity contribution in [2.24, 2.45) is 5.73 Å². The number of ether oxygens (including phenoxy) is 1. The number of halogens is 2. The average molecular weight is 317 g/mol. The first-order chi connectivity index (χ1) is 9.59. The largest absolute Gasteiger partial charge is 0.380 e. The van der Waals surface area contributed by atoms with E-state index in [0.717, 1.165) is 18.4 Å². The molecule has 1 aliphatic carbocycles. The Kier molecular flexibility index (Phi) is 6.58. The van der Waals surface area contributed by atoms with Crippen LogP contribution >= 0.6 is 12.4 Å². The molecule has 1 unspecified atom stereocenters. The lowest BCUT2D eigenvalue weighted by atomic mass is 9.96. The topological polar surface area (TPSA) is 64.3 Å². The molecule has 0 spiro atoms. The fraction of sp³-hybridized carbons (Fsp3) is 0.533. The van der Waals surface area contributed by atoms with Crippen molar-refractivity contribution in [2.45, 2.75) is 30.8 Å². The number of methoxy groups -OCH3 is 1. The van der Waals surface area contributed by atoms with Crippen LogP contribution in [0.4, 0.5) is 4.39 Å². The zero-order chi connectivity index (χ0) is 14.6. The van der Waals surface area contributed by atoms with Gasteiger partial charge >= 0.3 is 0 Å². The molecule has 118 valence electrons. The van der Waals surface area contributed by atoms with Gasteiger partial charge in [0.05, 0.1) is 12.5 Å². The molecule has 4 nitrogen and oxygen atoms in total. The molecule has 1 aromatic rings. The predicted molar refractivity (Wildman–Crippen MR) is 82.0 cm³/mol. The molecule has 1 atom stereocenters. The lowest BCUT2D eigenvalue weighted by molar-refractivity contribution is -0.123. The van der Waals surface area contributed by atoms with Crippen molar-refractivity contribution in [3.05, 3.63) is 35.6 Å². The van der Waals surface area contributed by atoms with Crippen LogP contribution in [-0.4, -0.2) is 32.2 Å². The minimum atomic E-state index is -0.251. The van der Waals surface area contributed by atoms with E-state index in [2.05, 4.69) is 5.32 Å². The number of nitrogens with one attached hydrogen (secondary N) is 1. The van der Waals surface area contributed by atoms with Gasteiger partial charge in [-0.1, -0.05) is 12.1 Å². The molecular formula is C15H22ClFN2O2. The van der Waals surface area contributed by atoms with Crippen LogP contribution < -0.4 is 11.1 Å². The maximum Gasteiger partial charge on any atom is 0.222 e. The number of hydrogen-bond donors (Lipinski definition) is 2. The van der Waals surface area contributed by atoms with Gasteiger partial charge in [0, 0.05) is 25.6 Å². The Hall–Kier alpha value is -1.17. The molecule has 1 aliphatic rings. The van der Waals surface area contributed by atoms with Gasteiger partial charge in [-0.25, -0.2) is 4.39 Å². The molecule has 1 saturated carbocycles. The molecule has 0 radical (unpaired) electrons. The first-order valence-electron chi connectivity index (χ1n) is 6.85. The van der Waals surface area contributed by atoms with E-state index in [-0.39, 0.29) is 42.1 Å². The van der Waals surface area contributed by atoms with Gasteiger partial charge in [0.25, 0.3) is 0 Å². The highest BCUT2D eigenvalue weighted by Crippen LogP contribution is 2.47. The molecule has 0 heterocycles. The summed E-state index contributed by atoms with van der Waals surface area (Å²) in [7, 11) is 1.54. The lowest BCUT2D eigenvalue weighted by Crippen LogP contribution is -2.36. The van der Waals surface area contributed by atoms with Crippen molar-refractivity contribution in [1.82, 2.24) is 5.32 Å². The number of rotatable bonds is 7. The summed E-state index contributed by atoms with van der Waals surface area (Å²) in [5, 5.41) is 2.91. The zero-order valence-corrected chi connectivity index (χ0v) is 12.9. The van der Waals surface area contributed by atoms with E-state index < -0.39 is 0 Å². The van der Waals surface area contributed by atoms with E-state index in [9.17, 15) is 9.18 Å². The van der Waals surface area contributed by atoms with E-state index >= 15 is 0 Å². The Bertz CT molecular complexity index is 476. The van der Waals surface area contributed by atoms with Crippen LogP contribution in [0.2, 0.25) is 0 Å². The van der Waals surface area contributed by atoms with Gasteiger partial charge in [0.1, 0.15) is 5.82 Å². The second-order valence-electron chi connectivity index (χ2n) is 5.36. The number of carbonyl (C=O) groups is 1. The maximum atomic E-state index is 13.3. The molecule has 0 saturated heterocycles. The van der Waals surface area contributed by atoms with Crippen LogP contribution in [-0.2, 0) is 14.9 Å². The third kappa shape index (κ3) is 4.66. The Morgan fingerprint density at radius 1 is 1.52 bits per heavy atom. The van der Waals surface area contributed by atoms with Gasteiger partial charge in [0.15, 0.2) is 0 Å². The highest BCUT2D eigenvalue weighted by molar-refractivity contribution is 5.85. The quantitative estimate of drug-likeness (QED) is 0.805. The second-order valence-corrected chi connectivity index (χ2v) is 5.36. The van der Waals surface area contributed by atoms with Crippen LogP contribution in [0.3, 0.4) is 0 Å². The van der Waals surface area contributed by atoms with Crippen LogP contribution in [0, 0.1) is 5.82 Å². The SMILES string of the molecule is COC(CN)CC(=O)NCC1(c2cccc(F)c2)CC1.Cl. The summed E-state index contributed by atoms with van der Waals surface area (Å²) in [6.45, 7) is 0.856. The minimum absolute atomic E-state index is 0. The summed E-state index contributed by atoms with van der Waals surface area (Å²) in [5.41, 5.74) is 6.35. The first-order valence-corrected chi connectivity index (χ1v) is 6.85. The molecule has 21 heavy (non-hydrogen) atoms. The summed E-state index contributed by atoms with van der Waals surface area (Å²) in [6, 6.07) is 6.61. The molecule has 0 bridgehead atoms. The molecule has 3 N–H and O–H groups in total. The number of hydrogen-bond acceptors (Lipinski definition) is 3. The van der Waals surface area contributed by atoms with Crippen molar-refractivity contribution in [1.29, 1.82) is 0 Å². The van der Waals surface area contributed by atoms with Gasteiger partial charge in [0.2, 0.25) is 5.91 Å². The Labute approximate surface area is 130 Å². The third-order valence-corrected chi connectivity index (χ3v) is 3.92. The molecule has 0 aliphatic heterocycles. The van der Waals surface area contributed by atoms with Crippen LogP contribution in [0.1, 0.15) is 24.8 Å². The van der Waals surface area contributed by atoms with E-state index in [1.54, 1.807) is 19.2 Å². The van der Waals surface area contributed by atoms with Crippen molar-refractivity contribution in [2.75, 3.05) is 20.2 Å². The number of benzene rings is 1. The summed E-state index contributed by atoms with van der Waals surface area (Å²) in [6.07, 6.45) is 1.95. The van der Waals surface area contributed by atoms with Crippen molar-refractivity contribution in [3.8, 4) is 0 Å². The van der Waals surface area contributed by atoms with Crippen molar-refractivity contribution < 1.29 is 13.9 Å². The van der Waals surface area contributed by atoms with E-state index in [1.165, 1.54) is 6.07 Å². The number of amides is 1. The summed E-state index contributed by atoms with van der Waals surface area (Å²) >= 11 is 0. The molecule has 1 amide bonds. The smallest absolute Gasteiger partial charge is 0.222 e. The van der Waals surface area contributed by atoms with Crippen LogP contribution in [0.15, 0.2) is 24.3 Å². The lowest BCUT2D eigenvalue weighted by Gasteiger charge is -2.18. The maximum absolute atomic E-state index is 13.3. The highest BCUT2D eigenvalue weighted by atomic mass is 35.5. The fourth-order valence-electron chi connectivity index (χ4n) is 2.35. The van der Waals surface area contributed by atoms with E-state index in [1.807, 2.05) is 6.07 Å². The number of carbonyl (C=O) groups excluding carboxylic acids is 1. The van der Waals surface area contributed by atoms with Gasteiger partial charge in [-0.15, -0.1) is 12.4 Å². The monoisotopic (exact) mass is 316 g/mol. The summed E-state index contributed by atoms with van der Waals surface area (Å²) in [5.74, 6) is -0.312. The minimum Gasteiger partial charge on any atom is -0.380 e. The first kappa shape index (κ1) is 17.9. The third-order valence-electron chi connectivity index (χ3n) is 3.92. The molecule has 1 fully saturated rings. The van der Waals surface area contributed by atoms with E-state index in [0.29, 0.717) is 13.1 Å².